The zero-order valence-electron chi connectivity index (χ0n) is 9.70. The number of pyridine rings is 1. The van der Waals surface area contributed by atoms with E-state index >= 15 is 0 Å². The molecule has 1 fully saturated rings. The van der Waals surface area contributed by atoms with Crippen molar-refractivity contribution >= 4 is 11.5 Å². The summed E-state index contributed by atoms with van der Waals surface area (Å²) in [5.74, 6) is 1.28. The molecule has 0 aliphatic carbocycles. The molecule has 1 saturated heterocycles. The second kappa shape index (κ2) is 5.09. The van der Waals surface area contributed by atoms with Crippen molar-refractivity contribution in [3.05, 3.63) is 28.4 Å². The Hall–Kier alpha value is -1.69. The minimum Gasteiger partial charge on any atom is -0.381 e. The van der Waals surface area contributed by atoms with Crippen molar-refractivity contribution in [2.75, 3.05) is 31.7 Å². The Labute approximate surface area is 99.4 Å². The maximum atomic E-state index is 10.5. The predicted octanol–water partition coefficient (Wildman–Crippen LogP) is 1.46. The summed E-state index contributed by atoms with van der Waals surface area (Å²) in [4.78, 5) is 16.1. The monoisotopic (exact) mass is 237 g/mol. The molecule has 0 saturated carbocycles. The van der Waals surface area contributed by atoms with Crippen molar-refractivity contribution < 1.29 is 9.66 Å². The predicted molar refractivity (Wildman–Crippen MR) is 63.1 cm³/mol. The summed E-state index contributed by atoms with van der Waals surface area (Å²) < 4.78 is 5.31. The summed E-state index contributed by atoms with van der Waals surface area (Å²) in [5.41, 5.74) is 0.0198. The summed E-state index contributed by atoms with van der Waals surface area (Å²) in [7, 11) is 1.94. The van der Waals surface area contributed by atoms with Gasteiger partial charge in [0.2, 0.25) is 0 Å². The molecule has 0 amide bonds. The van der Waals surface area contributed by atoms with Crippen molar-refractivity contribution in [2.45, 2.75) is 6.42 Å². The zero-order valence-corrected chi connectivity index (χ0v) is 9.70. The van der Waals surface area contributed by atoms with Gasteiger partial charge in [-0.15, -0.1) is 0 Å². The Bertz CT molecular complexity index is 387. The molecule has 0 unspecified atom stereocenters. The smallest absolute Gasteiger partial charge is 0.287 e. The Kier molecular flexibility index (Phi) is 3.53. The third kappa shape index (κ3) is 2.91. The van der Waals surface area contributed by atoms with E-state index < -0.39 is 4.92 Å². The lowest BCUT2D eigenvalue weighted by molar-refractivity contribution is -0.385. The van der Waals surface area contributed by atoms with E-state index in [0.717, 1.165) is 32.0 Å². The summed E-state index contributed by atoms with van der Waals surface area (Å²) in [6.45, 7) is 2.48. The van der Waals surface area contributed by atoms with Gasteiger partial charge in [0.25, 0.3) is 5.69 Å². The SMILES string of the molecule is CN(C[C@H]1CCOC1)c1ccc([N+](=O)[O-])cn1. The average molecular weight is 237 g/mol. The van der Waals surface area contributed by atoms with Gasteiger partial charge in [-0.3, -0.25) is 10.1 Å². The molecule has 92 valence electrons. The van der Waals surface area contributed by atoms with Gasteiger partial charge < -0.3 is 9.64 Å². The van der Waals surface area contributed by atoms with Crippen molar-refractivity contribution in [2.24, 2.45) is 5.92 Å². The number of ether oxygens (including phenoxy) is 1. The maximum absolute atomic E-state index is 10.5. The Balaban J connectivity index is 1.98. The largest absolute Gasteiger partial charge is 0.381 e. The highest BCUT2D eigenvalue weighted by molar-refractivity contribution is 5.42. The van der Waals surface area contributed by atoms with Crippen LogP contribution in [0.5, 0.6) is 0 Å². The summed E-state index contributed by atoms with van der Waals surface area (Å²) in [6, 6.07) is 3.15. The van der Waals surface area contributed by atoms with E-state index in [1.54, 1.807) is 6.07 Å². The first kappa shape index (κ1) is 11.8. The molecule has 0 N–H and O–H groups in total. The van der Waals surface area contributed by atoms with Crippen LogP contribution < -0.4 is 4.90 Å². The maximum Gasteiger partial charge on any atom is 0.287 e. The van der Waals surface area contributed by atoms with Gasteiger partial charge in [0.1, 0.15) is 12.0 Å². The number of aromatic nitrogens is 1. The van der Waals surface area contributed by atoms with Gasteiger partial charge >= 0.3 is 0 Å². The topological polar surface area (TPSA) is 68.5 Å². The van der Waals surface area contributed by atoms with Crippen LogP contribution in [0.4, 0.5) is 11.5 Å². The molecule has 0 spiro atoms. The third-order valence-corrected chi connectivity index (χ3v) is 2.89. The molecule has 17 heavy (non-hydrogen) atoms. The van der Waals surface area contributed by atoms with E-state index in [2.05, 4.69) is 4.98 Å². The van der Waals surface area contributed by atoms with E-state index in [1.807, 2.05) is 11.9 Å². The minimum atomic E-state index is -0.443. The van der Waals surface area contributed by atoms with Crippen molar-refractivity contribution in [3.8, 4) is 0 Å². The quantitative estimate of drug-likeness (QED) is 0.585. The van der Waals surface area contributed by atoms with Gasteiger partial charge in [-0.1, -0.05) is 0 Å². The van der Waals surface area contributed by atoms with Crippen LogP contribution in [-0.4, -0.2) is 36.7 Å². The Morgan fingerprint density at radius 3 is 3.00 bits per heavy atom. The highest BCUT2D eigenvalue weighted by Crippen LogP contribution is 2.18. The number of anilines is 1. The molecule has 2 heterocycles. The fourth-order valence-electron chi connectivity index (χ4n) is 1.92. The van der Waals surface area contributed by atoms with Gasteiger partial charge in [0.15, 0.2) is 0 Å². The van der Waals surface area contributed by atoms with Crippen LogP contribution in [0.25, 0.3) is 0 Å². The van der Waals surface area contributed by atoms with E-state index in [0.29, 0.717) is 5.92 Å². The van der Waals surface area contributed by atoms with Gasteiger partial charge in [0, 0.05) is 32.2 Å². The highest BCUT2D eigenvalue weighted by Gasteiger charge is 2.18. The molecular weight excluding hydrogens is 222 g/mol. The van der Waals surface area contributed by atoms with Crippen LogP contribution in [-0.2, 0) is 4.74 Å². The summed E-state index contributed by atoms with van der Waals surface area (Å²) in [6.07, 6.45) is 2.36. The molecular formula is C11H15N3O3. The molecule has 1 atom stereocenters. The lowest BCUT2D eigenvalue weighted by Gasteiger charge is -2.20. The lowest BCUT2D eigenvalue weighted by atomic mass is 10.1. The van der Waals surface area contributed by atoms with Crippen LogP contribution in [0, 0.1) is 16.0 Å². The van der Waals surface area contributed by atoms with Gasteiger partial charge in [-0.2, -0.15) is 0 Å². The first-order chi connectivity index (χ1) is 8.16. The Morgan fingerprint density at radius 1 is 1.65 bits per heavy atom. The van der Waals surface area contributed by atoms with Crippen molar-refractivity contribution in [1.29, 1.82) is 0 Å². The molecule has 1 aliphatic rings. The normalized spacial score (nSPS) is 19.2. The molecule has 6 heteroatoms. The fourth-order valence-corrected chi connectivity index (χ4v) is 1.92. The number of hydrogen-bond acceptors (Lipinski definition) is 5. The second-order valence-electron chi connectivity index (χ2n) is 4.24. The van der Waals surface area contributed by atoms with Crippen molar-refractivity contribution in [1.82, 2.24) is 4.98 Å². The molecule has 0 radical (unpaired) electrons. The number of nitro groups is 1. The fraction of sp³-hybridized carbons (Fsp3) is 0.545. The molecule has 2 rings (SSSR count). The third-order valence-electron chi connectivity index (χ3n) is 2.89. The molecule has 1 aromatic rings. The van der Waals surface area contributed by atoms with Crippen LogP contribution >= 0.6 is 0 Å². The molecule has 6 nitrogen and oxygen atoms in total. The molecule has 0 bridgehead atoms. The zero-order chi connectivity index (χ0) is 12.3. The van der Waals surface area contributed by atoms with E-state index in [4.69, 9.17) is 4.74 Å². The van der Waals surface area contributed by atoms with Crippen LogP contribution in [0.1, 0.15) is 6.42 Å². The Morgan fingerprint density at radius 2 is 2.47 bits per heavy atom. The highest BCUT2D eigenvalue weighted by atomic mass is 16.6. The summed E-state index contributed by atoms with van der Waals surface area (Å²) >= 11 is 0. The van der Waals surface area contributed by atoms with E-state index in [1.165, 1.54) is 12.3 Å². The van der Waals surface area contributed by atoms with Crippen molar-refractivity contribution in [3.63, 3.8) is 0 Å². The van der Waals surface area contributed by atoms with Crippen LogP contribution in [0.15, 0.2) is 18.3 Å². The first-order valence-corrected chi connectivity index (χ1v) is 5.56. The van der Waals surface area contributed by atoms with Crippen LogP contribution in [0.2, 0.25) is 0 Å². The van der Waals surface area contributed by atoms with Crippen LogP contribution in [0.3, 0.4) is 0 Å². The molecule has 0 aromatic carbocycles. The van der Waals surface area contributed by atoms with Gasteiger partial charge in [-0.05, 0) is 12.5 Å². The first-order valence-electron chi connectivity index (χ1n) is 5.56. The average Bonchev–Trinajstić information content (AvgIpc) is 2.82. The molecule has 1 aromatic heterocycles. The lowest BCUT2D eigenvalue weighted by Crippen LogP contribution is -2.26. The van der Waals surface area contributed by atoms with Gasteiger partial charge in [0.05, 0.1) is 11.5 Å². The molecule has 1 aliphatic heterocycles. The van der Waals surface area contributed by atoms with E-state index in [9.17, 15) is 10.1 Å². The van der Waals surface area contributed by atoms with Gasteiger partial charge in [-0.25, -0.2) is 4.98 Å². The standard InChI is InChI=1S/C11H15N3O3/c1-13(7-9-4-5-17-8-9)11-3-2-10(6-12-11)14(15)16/h2-3,6,9H,4-5,7-8H2,1H3/t9-/m1/s1. The second-order valence-corrected chi connectivity index (χ2v) is 4.24. The number of hydrogen-bond donors (Lipinski definition) is 0. The number of rotatable bonds is 4. The summed E-state index contributed by atoms with van der Waals surface area (Å²) in [5, 5.41) is 10.5. The minimum absolute atomic E-state index is 0.0198. The van der Waals surface area contributed by atoms with E-state index in [-0.39, 0.29) is 5.69 Å². The number of nitrogens with zero attached hydrogens (tertiary/aromatic N) is 3.